The molecule has 12 heteroatoms. The van der Waals surface area contributed by atoms with Crippen LogP contribution in [0.4, 0.5) is 0 Å². The number of aliphatic hydroxyl groups excluding tert-OH is 2. The van der Waals surface area contributed by atoms with Gasteiger partial charge in [-0.25, -0.2) is 4.79 Å². The molecule has 1 rings (SSSR count). The Morgan fingerprint density at radius 2 is 0.713 bits per heavy atom. The second-order valence-electron chi connectivity index (χ2n) is 20.9. The molecule has 0 aliphatic carbocycles. The number of carbonyl (C=O) groups excluding carboxylic acids is 3. The van der Waals surface area contributed by atoms with Crippen LogP contribution >= 0.6 is 0 Å². The molecule has 6 unspecified atom stereocenters. The third kappa shape index (κ3) is 49.3. The number of rotatable bonds is 52. The fourth-order valence-electron chi connectivity index (χ4n) is 8.33. The van der Waals surface area contributed by atoms with Crippen molar-refractivity contribution in [3.05, 3.63) is 194 Å². The maximum Gasteiger partial charge on any atom is 0.335 e. The van der Waals surface area contributed by atoms with Crippen molar-refractivity contribution < 1.29 is 58.2 Å². The Morgan fingerprint density at radius 3 is 1.07 bits per heavy atom. The monoisotopic (exact) mass is 1200 g/mol. The second kappa shape index (κ2) is 59.9. The molecule has 1 saturated heterocycles. The molecule has 0 aromatic carbocycles. The number of aliphatic carboxylic acids is 1. The summed E-state index contributed by atoms with van der Waals surface area (Å²) in [6.07, 6.45) is 79.7. The number of hydrogen-bond acceptors (Lipinski definition) is 11. The lowest BCUT2D eigenvalue weighted by molar-refractivity contribution is -0.301. The largest absolute Gasteiger partial charge is 0.479 e. The average Bonchev–Trinajstić information content (AvgIpc) is 2.60. The molecule has 1 heterocycles. The van der Waals surface area contributed by atoms with Gasteiger partial charge in [-0.2, -0.15) is 0 Å². The Labute approximate surface area is 524 Å². The molecule has 0 bridgehead atoms. The van der Waals surface area contributed by atoms with Gasteiger partial charge in [0.25, 0.3) is 0 Å². The molecular formula is C75H110O12. The summed E-state index contributed by atoms with van der Waals surface area (Å²) in [6.45, 7) is 5.55. The van der Waals surface area contributed by atoms with E-state index in [9.17, 15) is 34.5 Å². The van der Waals surface area contributed by atoms with Crippen LogP contribution in [0.1, 0.15) is 201 Å². The fraction of sp³-hybridized carbons (Fsp3) is 0.520. The van der Waals surface area contributed by atoms with Crippen molar-refractivity contribution >= 4 is 23.9 Å². The first-order chi connectivity index (χ1) is 42.6. The first-order valence-corrected chi connectivity index (χ1v) is 32.4. The topological polar surface area (TPSA) is 175 Å². The molecule has 0 amide bonds. The molecule has 482 valence electrons. The predicted molar refractivity (Wildman–Crippen MR) is 358 cm³/mol. The van der Waals surface area contributed by atoms with E-state index in [4.69, 9.17) is 23.7 Å². The number of carboxylic acids is 1. The van der Waals surface area contributed by atoms with Crippen LogP contribution in [-0.4, -0.2) is 89.2 Å². The molecular weight excluding hydrogens is 1090 g/mol. The van der Waals surface area contributed by atoms with Gasteiger partial charge in [-0.1, -0.05) is 228 Å². The second-order valence-corrected chi connectivity index (χ2v) is 20.9. The van der Waals surface area contributed by atoms with Gasteiger partial charge < -0.3 is 39.0 Å². The summed E-state index contributed by atoms with van der Waals surface area (Å²) in [4.78, 5) is 51.4. The number of unbranched alkanes of at least 4 members (excludes halogenated alkanes) is 6. The van der Waals surface area contributed by atoms with E-state index in [1.807, 2.05) is 18.2 Å². The van der Waals surface area contributed by atoms with Crippen LogP contribution in [0.15, 0.2) is 194 Å². The third-order valence-corrected chi connectivity index (χ3v) is 13.2. The molecule has 87 heavy (non-hydrogen) atoms. The van der Waals surface area contributed by atoms with E-state index in [0.717, 1.165) is 135 Å². The number of allylic oxidation sites excluding steroid dienone is 32. The number of esters is 3. The van der Waals surface area contributed by atoms with Gasteiger partial charge >= 0.3 is 23.9 Å². The summed E-state index contributed by atoms with van der Waals surface area (Å²) in [5, 5.41) is 31.6. The summed E-state index contributed by atoms with van der Waals surface area (Å²) >= 11 is 0. The SMILES string of the molecule is CC/C=C\C/C=C\C/C=C\C/C=C\C/C=C\C/C=C\CCC(=O)OC1C(OCC(COC(=O)CCCCC/C=C\C/C=C\C/C=C\C/C=C\C/C=C\CC)OC(=O)CCCCC/C=C\C/C=C\C/C=C\C/C=C\C/C=C\CC)OC(C(=O)O)C(O)C1O. The molecule has 0 saturated carbocycles. The summed E-state index contributed by atoms with van der Waals surface area (Å²) in [6, 6.07) is 0. The summed E-state index contributed by atoms with van der Waals surface area (Å²) in [5.41, 5.74) is 0. The van der Waals surface area contributed by atoms with Gasteiger partial charge in [0.2, 0.25) is 0 Å². The normalized spacial score (nSPS) is 18.7. The number of ether oxygens (including phenoxy) is 5. The van der Waals surface area contributed by atoms with E-state index in [0.29, 0.717) is 25.7 Å². The lowest BCUT2D eigenvalue weighted by atomic mass is 9.98. The van der Waals surface area contributed by atoms with Crippen molar-refractivity contribution in [3.63, 3.8) is 0 Å². The summed E-state index contributed by atoms with van der Waals surface area (Å²) in [7, 11) is 0. The molecule has 12 nitrogen and oxygen atoms in total. The predicted octanol–water partition coefficient (Wildman–Crippen LogP) is 17.8. The minimum atomic E-state index is -1.95. The molecule has 1 fully saturated rings. The van der Waals surface area contributed by atoms with Crippen molar-refractivity contribution in [3.8, 4) is 0 Å². The van der Waals surface area contributed by atoms with Crippen LogP contribution in [-0.2, 0) is 42.9 Å². The molecule has 1 aliphatic heterocycles. The highest BCUT2D eigenvalue weighted by Crippen LogP contribution is 2.26. The summed E-state index contributed by atoms with van der Waals surface area (Å²) in [5.74, 6) is -3.36. The Morgan fingerprint density at radius 1 is 0.379 bits per heavy atom. The van der Waals surface area contributed by atoms with Gasteiger partial charge in [0.15, 0.2) is 24.6 Å². The van der Waals surface area contributed by atoms with Crippen LogP contribution in [0.25, 0.3) is 0 Å². The van der Waals surface area contributed by atoms with Gasteiger partial charge in [-0.15, -0.1) is 0 Å². The van der Waals surface area contributed by atoms with Gasteiger partial charge in [0.1, 0.15) is 18.8 Å². The lowest BCUT2D eigenvalue weighted by Gasteiger charge is -2.40. The zero-order chi connectivity index (χ0) is 63.1. The highest BCUT2D eigenvalue weighted by molar-refractivity contribution is 5.74. The minimum Gasteiger partial charge on any atom is -0.479 e. The van der Waals surface area contributed by atoms with Crippen molar-refractivity contribution in [1.82, 2.24) is 0 Å². The summed E-state index contributed by atoms with van der Waals surface area (Å²) < 4.78 is 28.4. The van der Waals surface area contributed by atoms with Gasteiger partial charge in [0.05, 0.1) is 6.61 Å². The van der Waals surface area contributed by atoms with Crippen LogP contribution < -0.4 is 0 Å². The standard InChI is InChI=1S/C75H110O12/c1-4-7-10-13-16-19-22-25-28-31-34-37-40-43-46-49-52-55-58-61-67(76)83-64-66(85-68(77)62-59-56-53-50-47-44-41-38-35-32-29-26-23-20-17-14-11-8-5-2)65-84-75-73(71(80)70(79)72(87-75)74(81)82)86-69(78)63-60-57-54-51-48-45-42-39-36-33-30-27-24-21-18-15-12-9-6-3/h7-12,16-21,25-30,34-39,43-48,54,57,66,70-73,75,79-80H,4-6,13-15,22-24,31-33,40-42,49-53,55-56,58-65H2,1-3H3,(H,81,82)/b10-7-,11-8-,12-9-,19-16-,20-17-,21-18-,28-25-,29-26-,30-27-,37-34-,38-35-,39-36-,46-43-,47-44-,48-45-,57-54-. The van der Waals surface area contributed by atoms with Crippen molar-refractivity contribution in [2.45, 2.75) is 237 Å². The zero-order valence-corrected chi connectivity index (χ0v) is 53.2. The lowest BCUT2D eigenvalue weighted by Crippen LogP contribution is -2.61. The Balaban J connectivity index is 2.78. The Hall–Kier alpha value is -6.44. The minimum absolute atomic E-state index is 0.0849. The molecule has 0 spiro atoms. The molecule has 0 radical (unpaired) electrons. The first-order valence-electron chi connectivity index (χ1n) is 32.4. The molecule has 0 aromatic rings. The van der Waals surface area contributed by atoms with E-state index < -0.39 is 67.3 Å². The zero-order valence-electron chi connectivity index (χ0n) is 53.2. The van der Waals surface area contributed by atoms with Crippen molar-refractivity contribution in [2.24, 2.45) is 0 Å². The highest BCUT2D eigenvalue weighted by atomic mass is 16.7. The maximum atomic E-state index is 13.2. The third-order valence-electron chi connectivity index (χ3n) is 13.2. The Bertz CT molecular complexity index is 2260. The average molecular weight is 1200 g/mol. The van der Waals surface area contributed by atoms with Crippen LogP contribution in [0.2, 0.25) is 0 Å². The molecule has 6 atom stereocenters. The molecule has 3 N–H and O–H groups in total. The Kier molecular flexibility index (Phi) is 54.1. The van der Waals surface area contributed by atoms with Gasteiger partial charge in [-0.05, 0) is 148 Å². The smallest absolute Gasteiger partial charge is 0.335 e. The van der Waals surface area contributed by atoms with E-state index in [1.165, 1.54) is 0 Å². The maximum absolute atomic E-state index is 13.2. The van der Waals surface area contributed by atoms with Crippen LogP contribution in [0.5, 0.6) is 0 Å². The van der Waals surface area contributed by atoms with E-state index in [-0.39, 0.29) is 25.9 Å². The molecule has 0 aromatic heterocycles. The van der Waals surface area contributed by atoms with Crippen LogP contribution in [0.3, 0.4) is 0 Å². The van der Waals surface area contributed by atoms with E-state index in [2.05, 4.69) is 197 Å². The van der Waals surface area contributed by atoms with Gasteiger partial charge in [-0.3, -0.25) is 14.4 Å². The number of carboxylic acid groups (broad SMARTS) is 1. The number of hydrogen-bond donors (Lipinski definition) is 3. The van der Waals surface area contributed by atoms with Crippen molar-refractivity contribution in [2.75, 3.05) is 13.2 Å². The van der Waals surface area contributed by atoms with Crippen LogP contribution in [0, 0.1) is 0 Å². The van der Waals surface area contributed by atoms with Crippen molar-refractivity contribution in [1.29, 1.82) is 0 Å². The van der Waals surface area contributed by atoms with E-state index in [1.54, 1.807) is 0 Å². The highest BCUT2D eigenvalue weighted by Gasteiger charge is 2.50. The van der Waals surface area contributed by atoms with Gasteiger partial charge in [0, 0.05) is 19.3 Å². The fourth-order valence-corrected chi connectivity index (χ4v) is 8.33. The quantitative estimate of drug-likeness (QED) is 0.0228. The van der Waals surface area contributed by atoms with E-state index >= 15 is 0 Å². The number of aliphatic hydroxyl groups is 2. The molecule has 1 aliphatic rings. The first kappa shape index (κ1) is 78.6. The number of carbonyl (C=O) groups is 4.